The van der Waals surface area contributed by atoms with Crippen LogP contribution in [0.4, 0.5) is 10.5 Å². The van der Waals surface area contributed by atoms with Crippen molar-refractivity contribution in [2.24, 2.45) is 0 Å². The van der Waals surface area contributed by atoms with E-state index in [-0.39, 0.29) is 18.4 Å². The van der Waals surface area contributed by atoms with Crippen LogP contribution in [0.15, 0.2) is 42.5 Å². The summed E-state index contributed by atoms with van der Waals surface area (Å²) in [5.41, 5.74) is 3.28. The van der Waals surface area contributed by atoms with Gasteiger partial charge in [-0.1, -0.05) is 31.4 Å². The number of benzene rings is 2. The van der Waals surface area contributed by atoms with Gasteiger partial charge in [0.15, 0.2) is 0 Å². The van der Waals surface area contributed by atoms with Gasteiger partial charge in [-0.2, -0.15) is 5.26 Å². The molecule has 2 aliphatic rings. The Labute approximate surface area is 219 Å². The summed E-state index contributed by atoms with van der Waals surface area (Å²) in [5.74, 6) is -0.304. The number of imide groups is 1. The molecule has 0 N–H and O–H groups in total. The summed E-state index contributed by atoms with van der Waals surface area (Å²) in [5, 5.41) is 8.97. The van der Waals surface area contributed by atoms with Crippen molar-refractivity contribution in [2.45, 2.75) is 77.2 Å². The van der Waals surface area contributed by atoms with Crippen molar-refractivity contribution < 1.29 is 19.1 Å². The summed E-state index contributed by atoms with van der Waals surface area (Å²) in [7, 11) is 0. The van der Waals surface area contributed by atoms with Gasteiger partial charge < -0.3 is 9.64 Å². The average molecular weight is 502 g/mol. The van der Waals surface area contributed by atoms with E-state index in [2.05, 4.69) is 6.07 Å². The second kappa shape index (κ2) is 11.6. The number of aryl methyl sites for hydroxylation is 2. The first-order valence-electron chi connectivity index (χ1n) is 13.3. The van der Waals surface area contributed by atoms with Crippen LogP contribution in [0, 0.1) is 11.3 Å². The molecule has 3 amide bonds. The van der Waals surface area contributed by atoms with Crippen LogP contribution < -0.4 is 4.90 Å². The topological polar surface area (TPSA) is 90.7 Å². The Balaban J connectivity index is 1.52. The van der Waals surface area contributed by atoms with Crippen LogP contribution in [0.2, 0.25) is 0 Å². The highest BCUT2D eigenvalue weighted by atomic mass is 16.6. The van der Waals surface area contributed by atoms with E-state index in [1.807, 2.05) is 36.1 Å². The van der Waals surface area contributed by atoms with Gasteiger partial charge in [0, 0.05) is 24.2 Å². The Morgan fingerprint density at radius 1 is 1.05 bits per heavy atom. The van der Waals surface area contributed by atoms with Gasteiger partial charge in [0.1, 0.15) is 0 Å². The molecule has 0 spiro atoms. The van der Waals surface area contributed by atoms with Gasteiger partial charge >= 0.3 is 6.09 Å². The second-order valence-corrected chi connectivity index (χ2v) is 10.2. The number of ether oxygens (including phenoxy) is 1. The van der Waals surface area contributed by atoms with Crippen LogP contribution in [-0.4, -0.2) is 41.5 Å². The quantitative estimate of drug-likeness (QED) is 0.500. The van der Waals surface area contributed by atoms with E-state index in [9.17, 15) is 14.4 Å². The second-order valence-electron chi connectivity index (χ2n) is 10.2. The van der Waals surface area contributed by atoms with Crippen molar-refractivity contribution >= 4 is 23.6 Å². The maximum atomic E-state index is 13.7. The third-order valence-corrected chi connectivity index (χ3v) is 7.58. The minimum Gasteiger partial charge on any atom is -0.449 e. The molecule has 4 rings (SSSR count). The molecule has 1 saturated carbocycles. The zero-order valence-electron chi connectivity index (χ0n) is 21.8. The summed E-state index contributed by atoms with van der Waals surface area (Å²) in [6.07, 6.45) is 6.55. The molecule has 194 valence electrons. The standard InChI is InChI=1S/C30H35N3O4/c1-3-37-29(36)33(30(2)17-5-4-6-18-30)28(35)25-14-15-26-24(20-25)8-7-19-32(26)27(34)16-13-22-9-11-23(21-31)12-10-22/h9-12,14-15,20H,3-8,13,16-19H2,1-2H3. The number of anilines is 1. The first-order chi connectivity index (χ1) is 17.9. The van der Waals surface area contributed by atoms with Crippen molar-refractivity contribution in [2.75, 3.05) is 18.1 Å². The van der Waals surface area contributed by atoms with E-state index in [0.29, 0.717) is 30.5 Å². The van der Waals surface area contributed by atoms with Gasteiger partial charge in [-0.05, 0) is 87.4 Å². The lowest BCUT2D eigenvalue weighted by Crippen LogP contribution is -2.54. The highest BCUT2D eigenvalue weighted by Crippen LogP contribution is 2.36. The fraction of sp³-hybridized carbons (Fsp3) is 0.467. The van der Waals surface area contributed by atoms with Gasteiger partial charge in [-0.25, -0.2) is 9.69 Å². The molecule has 0 atom stereocenters. The summed E-state index contributed by atoms with van der Waals surface area (Å²) in [6, 6.07) is 14.8. The SMILES string of the molecule is CCOC(=O)N(C(=O)c1ccc2c(c1)CCCN2C(=O)CCc1ccc(C#N)cc1)C1(C)CCCCC1. The van der Waals surface area contributed by atoms with Crippen molar-refractivity contribution in [3.8, 4) is 6.07 Å². The number of rotatable bonds is 6. The van der Waals surface area contributed by atoms with Gasteiger partial charge in [0.2, 0.25) is 5.91 Å². The van der Waals surface area contributed by atoms with Gasteiger partial charge in [-0.3, -0.25) is 9.59 Å². The van der Waals surface area contributed by atoms with E-state index in [4.69, 9.17) is 10.00 Å². The maximum Gasteiger partial charge on any atom is 0.417 e. The molecule has 2 aromatic rings. The number of nitrogens with zero attached hydrogens (tertiary/aromatic N) is 3. The molecule has 0 saturated heterocycles. The fourth-order valence-electron chi connectivity index (χ4n) is 5.52. The molecule has 0 unspecified atom stereocenters. The van der Waals surface area contributed by atoms with Crippen molar-refractivity contribution in [3.05, 3.63) is 64.7 Å². The number of hydrogen-bond donors (Lipinski definition) is 0. The molecule has 0 aromatic heterocycles. The summed E-state index contributed by atoms with van der Waals surface area (Å²) in [6.45, 7) is 4.57. The average Bonchev–Trinajstić information content (AvgIpc) is 2.91. The molecule has 0 bridgehead atoms. The summed E-state index contributed by atoms with van der Waals surface area (Å²) < 4.78 is 5.30. The Morgan fingerprint density at radius 2 is 1.78 bits per heavy atom. The maximum absolute atomic E-state index is 13.7. The molecule has 2 aromatic carbocycles. The Bertz CT molecular complexity index is 1190. The monoisotopic (exact) mass is 501 g/mol. The summed E-state index contributed by atoms with van der Waals surface area (Å²) in [4.78, 5) is 42.9. The number of fused-ring (bicyclic) bond motifs is 1. The number of hydrogen-bond acceptors (Lipinski definition) is 5. The molecule has 7 nitrogen and oxygen atoms in total. The van der Waals surface area contributed by atoms with Crippen molar-refractivity contribution in [3.63, 3.8) is 0 Å². The molecule has 0 radical (unpaired) electrons. The van der Waals surface area contributed by atoms with Gasteiger partial charge in [-0.15, -0.1) is 0 Å². The lowest BCUT2D eigenvalue weighted by Gasteiger charge is -2.41. The van der Waals surface area contributed by atoms with Gasteiger partial charge in [0.25, 0.3) is 5.91 Å². The highest BCUT2D eigenvalue weighted by molar-refractivity contribution is 6.04. The molecular weight excluding hydrogens is 466 g/mol. The zero-order valence-corrected chi connectivity index (χ0v) is 21.8. The Hall–Kier alpha value is -3.66. The van der Waals surface area contributed by atoms with Crippen LogP contribution in [0.3, 0.4) is 0 Å². The smallest absolute Gasteiger partial charge is 0.417 e. The predicted molar refractivity (Wildman–Crippen MR) is 141 cm³/mol. The van der Waals surface area contributed by atoms with E-state index in [1.54, 1.807) is 25.1 Å². The largest absolute Gasteiger partial charge is 0.449 e. The fourth-order valence-corrected chi connectivity index (χ4v) is 5.52. The number of amides is 3. The van der Waals surface area contributed by atoms with Gasteiger partial charge in [0.05, 0.1) is 23.8 Å². The third kappa shape index (κ3) is 5.85. The lowest BCUT2D eigenvalue weighted by atomic mass is 9.81. The molecule has 1 heterocycles. The predicted octanol–water partition coefficient (Wildman–Crippen LogP) is 5.79. The highest BCUT2D eigenvalue weighted by Gasteiger charge is 2.42. The Kier molecular flexibility index (Phi) is 8.27. The van der Waals surface area contributed by atoms with Crippen LogP contribution >= 0.6 is 0 Å². The molecule has 1 aliphatic heterocycles. The number of nitriles is 1. The van der Waals surface area contributed by atoms with E-state index < -0.39 is 11.6 Å². The molecule has 37 heavy (non-hydrogen) atoms. The number of carbonyl (C=O) groups is 3. The molecule has 7 heteroatoms. The van der Waals surface area contributed by atoms with Crippen LogP contribution in [0.25, 0.3) is 0 Å². The molecule has 1 fully saturated rings. The number of carbonyl (C=O) groups excluding carboxylic acids is 3. The molecule has 1 aliphatic carbocycles. The summed E-state index contributed by atoms with van der Waals surface area (Å²) >= 11 is 0. The molecular formula is C30H35N3O4. The third-order valence-electron chi connectivity index (χ3n) is 7.58. The van der Waals surface area contributed by atoms with Crippen LogP contribution in [0.5, 0.6) is 0 Å². The minimum absolute atomic E-state index is 0.0345. The first-order valence-corrected chi connectivity index (χ1v) is 13.3. The van der Waals surface area contributed by atoms with Crippen LogP contribution in [0.1, 0.15) is 85.8 Å². The van der Waals surface area contributed by atoms with E-state index in [1.165, 1.54) is 4.90 Å². The lowest BCUT2D eigenvalue weighted by molar-refractivity contribution is -0.118. The van der Waals surface area contributed by atoms with Crippen molar-refractivity contribution in [1.82, 2.24) is 4.90 Å². The van der Waals surface area contributed by atoms with Crippen LogP contribution in [-0.2, 0) is 22.4 Å². The Morgan fingerprint density at radius 3 is 2.46 bits per heavy atom. The first kappa shape index (κ1) is 26.4. The normalized spacial score (nSPS) is 16.3. The van der Waals surface area contributed by atoms with E-state index in [0.717, 1.165) is 61.8 Å². The van der Waals surface area contributed by atoms with E-state index >= 15 is 0 Å². The zero-order chi connectivity index (χ0) is 26.4. The minimum atomic E-state index is -0.589. The van der Waals surface area contributed by atoms with Crippen molar-refractivity contribution in [1.29, 1.82) is 5.26 Å².